The van der Waals surface area contributed by atoms with E-state index in [9.17, 15) is 8.42 Å². The largest absolute Gasteiger partial charge is 0.372 e. The molecule has 1 aliphatic heterocycles. The minimum absolute atomic E-state index is 0.0372. The number of ether oxygens (including phenoxy) is 1. The van der Waals surface area contributed by atoms with Gasteiger partial charge in [-0.3, -0.25) is 4.90 Å². The van der Waals surface area contributed by atoms with E-state index in [0.717, 1.165) is 17.8 Å². The number of hydrogen-bond acceptors (Lipinski definition) is 7. The second-order valence-corrected chi connectivity index (χ2v) is 11.3. The molecule has 0 saturated carbocycles. The molecule has 4 aromatic rings. The summed E-state index contributed by atoms with van der Waals surface area (Å²) in [6.07, 6.45) is 1.47. The summed E-state index contributed by atoms with van der Waals surface area (Å²) in [4.78, 5) is 13.3. The van der Waals surface area contributed by atoms with E-state index in [4.69, 9.17) is 4.74 Å². The molecule has 0 aliphatic carbocycles. The Labute approximate surface area is 224 Å². The molecule has 9 heteroatoms. The molecule has 0 amide bonds. The van der Waals surface area contributed by atoms with Gasteiger partial charge in [0.2, 0.25) is 10.0 Å². The van der Waals surface area contributed by atoms with Crippen molar-refractivity contribution in [2.24, 2.45) is 0 Å². The lowest BCUT2D eigenvalue weighted by molar-refractivity contribution is 0.0249. The van der Waals surface area contributed by atoms with Gasteiger partial charge in [0.05, 0.1) is 16.5 Å². The molecule has 5 rings (SSSR count). The summed E-state index contributed by atoms with van der Waals surface area (Å²) in [7, 11) is -1.75. The van der Waals surface area contributed by atoms with Gasteiger partial charge < -0.3 is 9.64 Å². The third kappa shape index (κ3) is 5.56. The summed E-state index contributed by atoms with van der Waals surface area (Å²) < 4.78 is 34.9. The van der Waals surface area contributed by atoms with Crippen molar-refractivity contribution in [2.75, 3.05) is 51.3 Å². The molecule has 0 spiro atoms. The fourth-order valence-corrected chi connectivity index (χ4v) is 6.33. The Morgan fingerprint density at radius 2 is 1.61 bits per heavy atom. The molecule has 38 heavy (non-hydrogen) atoms. The molecule has 1 aromatic heterocycles. The Balaban J connectivity index is 1.33. The first kappa shape index (κ1) is 26.2. The van der Waals surface area contributed by atoms with Crippen molar-refractivity contribution < 1.29 is 13.2 Å². The van der Waals surface area contributed by atoms with Crippen molar-refractivity contribution in [3.63, 3.8) is 0 Å². The Kier molecular flexibility index (Phi) is 7.99. The molecule has 1 unspecified atom stereocenters. The molecule has 8 nitrogen and oxygen atoms in total. The monoisotopic (exact) mass is 531 g/mol. The highest BCUT2D eigenvalue weighted by atomic mass is 32.2. The highest BCUT2D eigenvalue weighted by molar-refractivity contribution is 7.89. The minimum Gasteiger partial charge on any atom is -0.372 e. The van der Waals surface area contributed by atoms with E-state index < -0.39 is 10.0 Å². The van der Waals surface area contributed by atoms with Gasteiger partial charge in [-0.15, -0.1) is 0 Å². The van der Waals surface area contributed by atoms with E-state index >= 15 is 0 Å². The van der Waals surface area contributed by atoms with Gasteiger partial charge in [0.25, 0.3) is 0 Å². The van der Waals surface area contributed by atoms with Crippen molar-refractivity contribution in [1.82, 2.24) is 19.2 Å². The van der Waals surface area contributed by atoms with Crippen LogP contribution >= 0.6 is 0 Å². The molecule has 3 aromatic carbocycles. The molecule has 1 aliphatic rings. The van der Waals surface area contributed by atoms with Crippen LogP contribution in [0, 0.1) is 0 Å². The molecule has 1 atom stereocenters. The first-order valence-corrected chi connectivity index (χ1v) is 14.3. The third-order valence-electron chi connectivity index (χ3n) is 6.98. The molecular weight excluding hydrogens is 498 g/mol. The van der Waals surface area contributed by atoms with Crippen LogP contribution in [0.4, 0.5) is 11.5 Å². The number of hydrogen-bond donors (Lipinski definition) is 0. The second-order valence-electron chi connectivity index (χ2n) is 9.33. The number of anilines is 2. The van der Waals surface area contributed by atoms with Gasteiger partial charge in [-0.2, -0.15) is 4.31 Å². The minimum atomic E-state index is -3.67. The Bertz CT molecular complexity index is 1460. The van der Waals surface area contributed by atoms with Crippen LogP contribution in [-0.2, 0) is 14.8 Å². The number of para-hydroxylation sites is 1. The number of fused-ring (bicyclic) bond motifs is 1. The Morgan fingerprint density at radius 1 is 0.921 bits per heavy atom. The first-order valence-electron chi connectivity index (χ1n) is 12.9. The van der Waals surface area contributed by atoms with Crippen molar-refractivity contribution in [2.45, 2.75) is 17.9 Å². The van der Waals surface area contributed by atoms with E-state index in [0.29, 0.717) is 49.5 Å². The van der Waals surface area contributed by atoms with E-state index in [1.165, 1.54) is 6.33 Å². The maximum absolute atomic E-state index is 13.7. The average Bonchev–Trinajstić information content (AvgIpc) is 2.97. The number of benzene rings is 3. The van der Waals surface area contributed by atoms with Crippen molar-refractivity contribution in [3.05, 3.63) is 90.8 Å². The van der Waals surface area contributed by atoms with E-state index in [-0.39, 0.29) is 11.0 Å². The summed E-state index contributed by atoms with van der Waals surface area (Å²) >= 11 is 0. The second kappa shape index (κ2) is 11.6. The lowest BCUT2D eigenvalue weighted by Gasteiger charge is -2.35. The van der Waals surface area contributed by atoms with Crippen LogP contribution in [0.25, 0.3) is 10.9 Å². The average molecular weight is 532 g/mol. The number of rotatable bonds is 9. The van der Waals surface area contributed by atoms with Crippen LogP contribution in [0.5, 0.6) is 0 Å². The van der Waals surface area contributed by atoms with Crippen LogP contribution in [0.1, 0.15) is 18.6 Å². The fourth-order valence-electron chi connectivity index (χ4n) is 4.88. The van der Waals surface area contributed by atoms with Gasteiger partial charge in [-0.05, 0) is 42.8 Å². The van der Waals surface area contributed by atoms with Gasteiger partial charge in [-0.25, -0.2) is 18.4 Å². The predicted molar refractivity (Wildman–Crippen MR) is 150 cm³/mol. The SMILES string of the molecule is CCOC(CN1CCN(S(=O)(=O)c2ccc3ncnc(N(C)c4ccccc4)c3c2)CC1)c1ccccc1. The topological polar surface area (TPSA) is 78.9 Å². The van der Waals surface area contributed by atoms with Gasteiger partial charge >= 0.3 is 0 Å². The lowest BCUT2D eigenvalue weighted by atomic mass is 10.1. The number of aromatic nitrogens is 2. The fraction of sp³-hybridized carbons (Fsp3) is 0.310. The Hall–Kier alpha value is -3.37. The number of piperazine rings is 1. The zero-order chi connectivity index (χ0) is 26.5. The summed E-state index contributed by atoms with van der Waals surface area (Å²) in [6, 6.07) is 25.1. The van der Waals surface area contributed by atoms with Crippen LogP contribution in [-0.4, -0.2) is 74.0 Å². The summed E-state index contributed by atoms with van der Waals surface area (Å²) in [5.74, 6) is 0.658. The highest BCUT2D eigenvalue weighted by Gasteiger charge is 2.30. The van der Waals surface area contributed by atoms with Crippen molar-refractivity contribution in [1.29, 1.82) is 0 Å². The quantitative estimate of drug-likeness (QED) is 0.315. The number of sulfonamides is 1. The lowest BCUT2D eigenvalue weighted by Crippen LogP contribution is -2.49. The summed E-state index contributed by atoms with van der Waals surface area (Å²) in [6.45, 7) is 5.50. The standard InChI is InChI=1S/C29H33N5O3S/c1-3-37-28(23-10-6-4-7-11-23)21-33-16-18-34(19-17-33)38(35,36)25-14-15-27-26(20-25)29(31-22-30-27)32(2)24-12-8-5-9-13-24/h4-15,20,22,28H,3,16-19,21H2,1-2H3. The molecule has 0 bridgehead atoms. The maximum Gasteiger partial charge on any atom is 0.243 e. The van der Waals surface area contributed by atoms with E-state index in [1.54, 1.807) is 22.5 Å². The van der Waals surface area contributed by atoms with Crippen LogP contribution < -0.4 is 4.90 Å². The Morgan fingerprint density at radius 3 is 2.29 bits per heavy atom. The van der Waals surface area contributed by atoms with Gasteiger partial charge in [0.15, 0.2) is 0 Å². The van der Waals surface area contributed by atoms with Gasteiger partial charge in [0, 0.05) is 57.5 Å². The molecule has 198 valence electrons. The molecular formula is C29H33N5O3S. The van der Waals surface area contributed by atoms with E-state index in [2.05, 4.69) is 27.0 Å². The van der Waals surface area contributed by atoms with Gasteiger partial charge in [-0.1, -0.05) is 48.5 Å². The summed E-state index contributed by atoms with van der Waals surface area (Å²) in [5.41, 5.74) is 2.79. The molecule has 1 saturated heterocycles. The van der Waals surface area contributed by atoms with Crippen LogP contribution in [0.15, 0.2) is 90.1 Å². The predicted octanol–water partition coefficient (Wildman–Crippen LogP) is 4.48. The van der Waals surface area contributed by atoms with Crippen molar-refractivity contribution >= 4 is 32.4 Å². The van der Waals surface area contributed by atoms with E-state index in [1.807, 2.05) is 67.4 Å². The highest BCUT2D eigenvalue weighted by Crippen LogP contribution is 2.30. The summed E-state index contributed by atoms with van der Waals surface area (Å²) in [5, 5.41) is 0.695. The third-order valence-corrected chi connectivity index (χ3v) is 8.87. The maximum atomic E-state index is 13.7. The van der Waals surface area contributed by atoms with Gasteiger partial charge in [0.1, 0.15) is 12.1 Å². The zero-order valence-electron chi connectivity index (χ0n) is 21.8. The molecule has 1 fully saturated rings. The van der Waals surface area contributed by atoms with Crippen LogP contribution in [0.3, 0.4) is 0 Å². The smallest absolute Gasteiger partial charge is 0.243 e. The number of nitrogens with zero attached hydrogens (tertiary/aromatic N) is 5. The first-order chi connectivity index (χ1) is 18.5. The van der Waals surface area contributed by atoms with Crippen LogP contribution in [0.2, 0.25) is 0 Å². The van der Waals surface area contributed by atoms with Crippen molar-refractivity contribution in [3.8, 4) is 0 Å². The molecule has 2 heterocycles. The normalized spacial score (nSPS) is 15.9. The molecule has 0 radical (unpaired) electrons. The zero-order valence-corrected chi connectivity index (χ0v) is 22.6. The molecule has 0 N–H and O–H groups in total.